The standard InChI is InChI=1S/C26H33N5O3S/c1-20(2)13-16-31-24(18-34-22-11-7-4-8-12-22)28-29-26(31)35-19-25(33)30(15-14-23(27)32)17-21-9-5-3-6-10-21/h3-12,20H,13-19H2,1-2H3,(H2,27,32). The third-order valence-corrected chi connectivity index (χ3v) is 6.31. The lowest BCUT2D eigenvalue weighted by atomic mass is 10.1. The van der Waals surface area contributed by atoms with Crippen LogP contribution in [0.5, 0.6) is 5.75 Å². The number of hydrogen-bond donors (Lipinski definition) is 1. The first-order valence-electron chi connectivity index (χ1n) is 11.7. The first-order valence-corrected chi connectivity index (χ1v) is 12.7. The number of benzene rings is 2. The summed E-state index contributed by atoms with van der Waals surface area (Å²) in [6, 6.07) is 19.3. The van der Waals surface area contributed by atoms with Gasteiger partial charge in [-0.25, -0.2) is 0 Å². The van der Waals surface area contributed by atoms with Crippen LogP contribution in [0.15, 0.2) is 65.8 Å². The maximum Gasteiger partial charge on any atom is 0.233 e. The number of carbonyl (C=O) groups is 2. The molecular formula is C26H33N5O3S. The number of para-hydroxylation sites is 1. The van der Waals surface area contributed by atoms with Gasteiger partial charge in [-0.2, -0.15) is 0 Å². The highest BCUT2D eigenvalue weighted by Gasteiger charge is 2.19. The largest absolute Gasteiger partial charge is 0.486 e. The predicted octanol–water partition coefficient (Wildman–Crippen LogP) is 3.90. The summed E-state index contributed by atoms with van der Waals surface area (Å²) in [5.74, 6) is 1.67. The fourth-order valence-corrected chi connectivity index (χ4v) is 4.25. The number of thioether (sulfide) groups is 1. The zero-order valence-corrected chi connectivity index (χ0v) is 21.1. The molecule has 2 aromatic carbocycles. The number of aromatic nitrogens is 3. The average molecular weight is 496 g/mol. The van der Waals surface area contributed by atoms with E-state index in [2.05, 4.69) is 24.0 Å². The number of carbonyl (C=O) groups excluding carboxylic acids is 2. The molecule has 0 radical (unpaired) electrons. The third kappa shape index (κ3) is 8.75. The predicted molar refractivity (Wildman–Crippen MR) is 137 cm³/mol. The molecule has 0 unspecified atom stereocenters. The molecule has 0 aliphatic heterocycles. The summed E-state index contributed by atoms with van der Waals surface area (Å²) >= 11 is 1.35. The topological polar surface area (TPSA) is 103 Å². The highest BCUT2D eigenvalue weighted by molar-refractivity contribution is 7.99. The Kier molecular flexibility index (Phi) is 10.2. The van der Waals surface area contributed by atoms with E-state index in [1.165, 1.54) is 11.8 Å². The Morgan fingerprint density at radius 2 is 1.74 bits per heavy atom. The molecular weight excluding hydrogens is 462 g/mol. The molecule has 0 atom stereocenters. The van der Waals surface area contributed by atoms with Crippen LogP contribution in [0.25, 0.3) is 0 Å². The van der Waals surface area contributed by atoms with Crippen molar-refractivity contribution in [3.63, 3.8) is 0 Å². The summed E-state index contributed by atoms with van der Waals surface area (Å²) in [6.45, 7) is 6.07. The fraction of sp³-hybridized carbons (Fsp3) is 0.385. The molecule has 186 valence electrons. The van der Waals surface area contributed by atoms with Gasteiger partial charge in [0.25, 0.3) is 0 Å². The van der Waals surface area contributed by atoms with Crippen LogP contribution in [0.2, 0.25) is 0 Å². The van der Waals surface area contributed by atoms with Crippen molar-refractivity contribution in [2.24, 2.45) is 11.7 Å². The number of nitrogens with two attached hydrogens (primary N) is 1. The molecule has 35 heavy (non-hydrogen) atoms. The number of ether oxygens (including phenoxy) is 1. The lowest BCUT2D eigenvalue weighted by Crippen LogP contribution is -2.34. The van der Waals surface area contributed by atoms with Crippen molar-refractivity contribution in [2.75, 3.05) is 12.3 Å². The zero-order valence-electron chi connectivity index (χ0n) is 20.3. The lowest BCUT2D eigenvalue weighted by molar-refractivity contribution is -0.129. The van der Waals surface area contributed by atoms with Gasteiger partial charge in [0, 0.05) is 26.1 Å². The number of hydrogen-bond acceptors (Lipinski definition) is 6. The van der Waals surface area contributed by atoms with Crippen molar-refractivity contribution in [1.29, 1.82) is 0 Å². The second-order valence-electron chi connectivity index (χ2n) is 8.64. The number of amides is 2. The quantitative estimate of drug-likeness (QED) is 0.340. The molecule has 1 aromatic heterocycles. The van der Waals surface area contributed by atoms with E-state index in [1.54, 1.807) is 4.90 Å². The maximum absolute atomic E-state index is 13.1. The highest BCUT2D eigenvalue weighted by Crippen LogP contribution is 2.21. The molecule has 0 bridgehead atoms. The molecule has 3 rings (SSSR count). The SMILES string of the molecule is CC(C)CCn1c(COc2ccccc2)nnc1SCC(=O)N(CCC(N)=O)Cc1ccccc1. The summed E-state index contributed by atoms with van der Waals surface area (Å²) in [4.78, 5) is 26.1. The number of nitrogens with zero attached hydrogens (tertiary/aromatic N) is 4. The number of rotatable bonds is 14. The monoisotopic (exact) mass is 495 g/mol. The molecule has 0 saturated carbocycles. The Bertz CT molecular complexity index is 1070. The molecule has 2 amide bonds. The second-order valence-corrected chi connectivity index (χ2v) is 9.58. The minimum absolute atomic E-state index is 0.0828. The lowest BCUT2D eigenvalue weighted by Gasteiger charge is -2.22. The third-order valence-electron chi connectivity index (χ3n) is 5.36. The minimum atomic E-state index is -0.431. The van der Waals surface area contributed by atoms with Gasteiger partial charge in [0.15, 0.2) is 11.0 Å². The van der Waals surface area contributed by atoms with Crippen molar-refractivity contribution in [3.05, 3.63) is 72.1 Å². The first-order chi connectivity index (χ1) is 16.9. The smallest absolute Gasteiger partial charge is 0.233 e. The van der Waals surface area contributed by atoms with E-state index in [-0.39, 0.29) is 24.6 Å². The van der Waals surface area contributed by atoms with E-state index in [0.717, 1.165) is 30.1 Å². The van der Waals surface area contributed by atoms with Gasteiger partial charge in [0.2, 0.25) is 11.8 Å². The summed E-state index contributed by atoms with van der Waals surface area (Å²) in [5, 5.41) is 9.37. The van der Waals surface area contributed by atoms with Gasteiger partial charge in [-0.1, -0.05) is 74.1 Å². The summed E-state index contributed by atoms with van der Waals surface area (Å²) in [7, 11) is 0. The molecule has 0 aliphatic carbocycles. The van der Waals surface area contributed by atoms with Crippen LogP contribution in [-0.2, 0) is 29.3 Å². The van der Waals surface area contributed by atoms with E-state index >= 15 is 0 Å². The van der Waals surface area contributed by atoms with Gasteiger partial charge in [-0.3, -0.25) is 9.59 Å². The zero-order chi connectivity index (χ0) is 25.0. The normalized spacial score (nSPS) is 10.9. The molecule has 8 nitrogen and oxygen atoms in total. The van der Waals surface area contributed by atoms with Crippen molar-refractivity contribution in [3.8, 4) is 5.75 Å². The fourth-order valence-electron chi connectivity index (χ4n) is 3.37. The molecule has 0 saturated heterocycles. The minimum Gasteiger partial charge on any atom is -0.486 e. The second kappa shape index (κ2) is 13.5. The highest BCUT2D eigenvalue weighted by atomic mass is 32.2. The van der Waals surface area contributed by atoms with E-state index in [1.807, 2.05) is 65.2 Å². The van der Waals surface area contributed by atoms with E-state index < -0.39 is 5.91 Å². The number of primary amides is 1. The summed E-state index contributed by atoms with van der Waals surface area (Å²) in [5.41, 5.74) is 6.33. The molecule has 3 aromatic rings. The molecule has 0 fully saturated rings. The molecule has 0 spiro atoms. The molecule has 1 heterocycles. The molecule has 2 N–H and O–H groups in total. The van der Waals surface area contributed by atoms with Gasteiger partial charge in [-0.05, 0) is 30.0 Å². The average Bonchev–Trinajstić information content (AvgIpc) is 3.25. The van der Waals surface area contributed by atoms with Crippen LogP contribution in [0.1, 0.15) is 38.1 Å². The summed E-state index contributed by atoms with van der Waals surface area (Å²) in [6.07, 6.45) is 1.07. The van der Waals surface area contributed by atoms with Crippen LogP contribution in [0.4, 0.5) is 0 Å². The molecule has 9 heteroatoms. The Morgan fingerprint density at radius 3 is 2.40 bits per heavy atom. The summed E-state index contributed by atoms with van der Waals surface area (Å²) < 4.78 is 7.92. The van der Waals surface area contributed by atoms with E-state index in [9.17, 15) is 9.59 Å². The van der Waals surface area contributed by atoms with E-state index in [4.69, 9.17) is 10.5 Å². The van der Waals surface area contributed by atoms with Gasteiger partial charge in [0.1, 0.15) is 12.4 Å². The van der Waals surface area contributed by atoms with E-state index in [0.29, 0.717) is 24.2 Å². The van der Waals surface area contributed by atoms with Gasteiger partial charge in [-0.15, -0.1) is 10.2 Å². The first kappa shape index (κ1) is 26.3. The van der Waals surface area contributed by atoms with Gasteiger partial charge in [0.05, 0.1) is 5.75 Å². The van der Waals surface area contributed by atoms with Crippen LogP contribution < -0.4 is 10.5 Å². The van der Waals surface area contributed by atoms with Gasteiger partial charge < -0.3 is 19.9 Å². The van der Waals surface area contributed by atoms with Crippen LogP contribution in [-0.4, -0.2) is 43.8 Å². The van der Waals surface area contributed by atoms with Crippen molar-refractivity contribution in [1.82, 2.24) is 19.7 Å². The Morgan fingerprint density at radius 1 is 1.06 bits per heavy atom. The Labute approximate surface area is 210 Å². The maximum atomic E-state index is 13.1. The van der Waals surface area contributed by atoms with Gasteiger partial charge >= 0.3 is 0 Å². The van der Waals surface area contributed by atoms with Crippen LogP contribution in [0.3, 0.4) is 0 Å². The van der Waals surface area contributed by atoms with Crippen molar-refractivity contribution >= 4 is 23.6 Å². The molecule has 0 aliphatic rings. The van der Waals surface area contributed by atoms with Crippen LogP contribution >= 0.6 is 11.8 Å². The van der Waals surface area contributed by atoms with Crippen molar-refractivity contribution in [2.45, 2.75) is 51.5 Å². The van der Waals surface area contributed by atoms with Crippen molar-refractivity contribution < 1.29 is 14.3 Å². The van der Waals surface area contributed by atoms with Crippen LogP contribution in [0, 0.1) is 5.92 Å². The Balaban J connectivity index is 1.68. The Hall–Kier alpha value is -3.33.